The number of aromatic nitrogens is 2. The lowest BCUT2D eigenvalue weighted by Gasteiger charge is -2.10. The molecule has 0 fully saturated rings. The molecule has 4 nitrogen and oxygen atoms in total. The molecule has 0 spiro atoms. The third-order valence-electron chi connectivity index (χ3n) is 3.16. The number of H-pyrrole nitrogens is 2. The summed E-state index contributed by atoms with van der Waals surface area (Å²) in [6.45, 7) is 0. The lowest BCUT2D eigenvalue weighted by Crippen LogP contribution is -2.30. The highest BCUT2D eigenvalue weighted by molar-refractivity contribution is 6.31. The number of benzene rings is 2. The maximum Gasteiger partial charge on any atom is 0.314 e. The number of hydrogen-bond donors (Lipinski definition) is 2. The lowest BCUT2D eigenvalue weighted by atomic mass is 10.0. The van der Waals surface area contributed by atoms with Gasteiger partial charge < -0.3 is 9.97 Å². The first-order valence-corrected chi connectivity index (χ1v) is 7.18. The molecule has 22 heavy (non-hydrogen) atoms. The van der Waals surface area contributed by atoms with Gasteiger partial charge in [-0.25, -0.2) is 0 Å². The van der Waals surface area contributed by atoms with Crippen LogP contribution in [-0.2, 0) is 0 Å². The summed E-state index contributed by atoms with van der Waals surface area (Å²) in [5.74, 6) is 0. The van der Waals surface area contributed by atoms with Gasteiger partial charge in [-0.3, -0.25) is 9.59 Å². The van der Waals surface area contributed by atoms with Gasteiger partial charge in [-0.05, 0) is 24.3 Å². The molecule has 0 aliphatic heterocycles. The van der Waals surface area contributed by atoms with Gasteiger partial charge in [0.05, 0.1) is 11.4 Å². The molecule has 0 saturated heterocycles. The molecule has 0 saturated carbocycles. The third-order valence-corrected chi connectivity index (χ3v) is 3.63. The van der Waals surface area contributed by atoms with Crippen molar-refractivity contribution >= 4 is 23.2 Å². The van der Waals surface area contributed by atoms with Crippen LogP contribution in [0.5, 0.6) is 0 Å². The Morgan fingerprint density at radius 1 is 0.682 bits per heavy atom. The highest BCUT2D eigenvalue weighted by Gasteiger charge is 2.12. The van der Waals surface area contributed by atoms with Gasteiger partial charge in [-0.2, -0.15) is 0 Å². The molecule has 1 heterocycles. The van der Waals surface area contributed by atoms with E-state index >= 15 is 0 Å². The number of rotatable bonds is 2. The van der Waals surface area contributed by atoms with E-state index in [4.69, 9.17) is 23.2 Å². The summed E-state index contributed by atoms with van der Waals surface area (Å²) in [4.78, 5) is 28.6. The second-order valence-electron chi connectivity index (χ2n) is 4.68. The fraction of sp³-hybridized carbons (Fsp3) is 0. The summed E-state index contributed by atoms with van der Waals surface area (Å²) in [6, 6.07) is 14.0. The van der Waals surface area contributed by atoms with Crippen LogP contribution < -0.4 is 11.1 Å². The number of aromatic amines is 2. The summed E-state index contributed by atoms with van der Waals surface area (Å²) in [6.07, 6.45) is 0. The summed E-state index contributed by atoms with van der Waals surface area (Å²) < 4.78 is 0. The molecule has 3 rings (SSSR count). The summed E-state index contributed by atoms with van der Waals surface area (Å²) in [7, 11) is 0. The molecular weight excluding hydrogens is 323 g/mol. The van der Waals surface area contributed by atoms with Crippen molar-refractivity contribution in [2.24, 2.45) is 0 Å². The normalized spacial score (nSPS) is 10.6. The van der Waals surface area contributed by atoms with E-state index < -0.39 is 11.1 Å². The molecule has 0 unspecified atom stereocenters. The van der Waals surface area contributed by atoms with Crippen LogP contribution in [-0.4, -0.2) is 9.97 Å². The van der Waals surface area contributed by atoms with E-state index in [0.29, 0.717) is 32.6 Å². The van der Waals surface area contributed by atoms with Crippen LogP contribution in [0.3, 0.4) is 0 Å². The summed E-state index contributed by atoms with van der Waals surface area (Å²) in [5, 5.41) is 1.06. The van der Waals surface area contributed by atoms with Crippen LogP contribution in [0.2, 0.25) is 10.0 Å². The molecular formula is C16H10Cl2N2O2. The van der Waals surface area contributed by atoms with Crippen LogP contribution >= 0.6 is 23.2 Å². The Morgan fingerprint density at radius 3 is 1.45 bits per heavy atom. The SMILES string of the molecule is O=c1[nH]c(-c2cccc(Cl)c2)c(-c2cccc(Cl)c2)[nH]c1=O. The number of hydrogen-bond acceptors (Lipinski definition) is 2. The molecule has 0 aliphatic rings. The molecule has 6 heteroatoms. The van der Waals surface area contributed by atoms with Crippen LogP contribution in [0.1, 0.15) is 0 Å². The Labute approximate surface area is 135 Å². The fourth-order valence-corrected chi connectivity index (χ4v) is 2.57. The molecule has 0 bridgehead atoms. The summed E-state index contributed by atoms with van der Waals surface area (Å²) >= 11 is 12.0. The monoisotopic (exact) mass is 332 g/mol. The number of halogens is 2. The Hall–Kier alpha value is -2.30. The average Bonchev–Trinajstić information content (AvgIpc) is 2.49. The van der Waals surface area contributed by atoms with E-state index in [1.54, 1.807) is 48.5 Å². The molecule has 2 N–H and O–H groups in total. The van der Waals surface area contributed by atoms with Crippen molar-refractivity contribution in [2.45, 2.75) is 0 Å². The quantitative estimate of drug-likeness (QED) is 0.702. The molecule has 110 valence electrons. The van der Waals surface area contributed by atoms with Gasteiger partial charge in [-0.1, -0.05) is 47.5 Å². The van der Waals surface area contributed by atoms with Crippen LogP contribution in [0.4, 0.5) is 0 Å². The Bertz CT molecular complexity index is 882. The molecule has 0 amide bonds. The van der Waals surface area contributed by atoms with Crippen molar-refractivity contribution in [2.75, 3.05) is 0 Å². The van der Waals surface area contributed by atoms with Crippen LogP contribution in [0, 0.1) is 0 Å². The van der Waals surface area contributed by atoms with E-state index in [0.717, 1.165) is 0 Å². The third kappa shape index (κ3) is 2.84. The first-order valence-electron chi connectivity index (χ1n) is 6.43. The van der Waals surface area contributed by atoms with Gasteiger partial charge in [0, 0.05) is 21.2 Å². The summed E-state index contributed by atoms with van der Waals surface area (Å²) in [5.41, 5.74) is 0.900. The minimum absolute atomic E-state index is 0.481. The predicted molar refractivity (Wildman–Crippen MR) is 88.6 cm³/mol. The molecule has 0 aliphatic carbocycles. The first kappa shape index (κ1) is 14.6. The minimum atomic E-state index is -0.722. The molecule has 2 aromatic carbocycles. The Morgan fingerprint density at radius 2 is 1.09 bits per heavy atom. The van der Waals surface area contributed by atoms with E-state index in [1.165, 1.54) is 0 Å². The highest BCUT2D eigenvalue weighted by Crippen LogP contribution is 2.29. The van der Waals surface area contributed by atoms with Gasteiger partial charge >= 0.3 is 11.1 Å². The zero-order valence-corrected chi connectivity index (χ0v) is 12.7. The van der Waals surface area contributed by atoms with E-state index in [-0.39, 0.29) is 0 Å². The van der Waals surface area contributed by atoms with Crippen molar-refractivity contribution in [1.29, 1.82) is 0 Å². The fourth-order valence-electron chi connectivity index (χ4n) is 2.19. The standard InChI is InChI=1S/C16H10Cl2N2O2/c17-11-5-1-3-9(7-11)13-14(20-16(22)15(21)19-13)10-4-2-6-12(18)8-10/h1-8H,(H,19,21)(H,20,22). The largest absolute Gasteiger partial charge is 0.315 e. The maximum atomic E-state index is 11.7. The Balaban J connectivity index is 2.32. The van der Waals surface area contributed by atoms with Gasteiger partial charge in [0.1, 0.15) is 0 Å². The minimum Gasteiger partial charge on any atom is -0.315 e. The predicted octanol–water partition coefficient (Wildman–Crippen LogP) is 3.70. The van der Waals surface area contributed by atoms with Gasteiger partial charge in [0.25, 0.3) is 0 Å². The molecule has 3 aromatic rings. The van der Waals surface area contributed by atoms with Gasteiger partial charge in [0.15, 0.2) is 0 Å². The molecule has 0 radical (unpaired) electrons. The first-order chi connectivity index (χ1) is 10.5. The van der Waals surface area contributed by atoms with Crippen LogP contribution in [0.25, 0.3) is 22.5 Å². The van der Waals surface area contributed by atoms with Gasteiger partial charge in [0.2, 0.25) is 0 Å². The zero-order chi connectivity index (χ0) is 15.7. The lowest BCUT2D eigenvalue weighted by molar-refractivity contribution is 1.09. The van der Waals surface area contributed by atoms with Crippen molar-refractivity contribution < 1.29 is 0 Å². The Kier molecular flexibility index (Phi) is 3.88. The maximum absolute atomic E-state index is 11.7. The van der Waals surface area contributed by atoms with Crippen molar-refractivity contribution in [3.8, 4) is 22.5 Å². The van der Waals surface area contributed by atoms with E-state index in [1.807, 2.05) is 0 Å². The topological polar surface area (TPSA) is 65.7 Å². The average molecular weight is 333 g/mol. The van der Waals surface area contributed by atoms with Crippen molar-refractivity contribution in [1.82, 2.24) is 9.97 Å². The number of nitrogens with one attached hydrogen (secondary N) is 2. The second kappa shape index (κ2) is 5.83. The van der Waals surface area contributed by atoms with E-state index in [9.17, 15) is 9.59 Å². The van der Waals surface area contributed by atoms with Crippen molar-refractivity contribution in [3.63, 3.8) is 0 Å². The van der Waals surface area contributed by atoms with E-state index in [2.05, 4.69) is 9.97 Å². The van der Waals surface area contributed by atoms with Gasteiger partial charge in [-0.15, -0.1) is 0 Å². The molecule has 1 aromatic heterocycles. The zero-order valence-electron chi connectivity index (χ0n) is 11.2. The smallest absolute Gasteiger partial charge is 0.314 e. The van der Waals surface area contributed by atoms with Crippen molar-refractivity contribution in [3.05, 3.63) is 79.3 Å². The second-order valence-corrected chi connectivity index (χ2v) is 5.55. The highest BCUT2D eigenvalue weighted by atomic mass is 35.5. The van der Waals surface area contributed by atoms with Crippen LogP contribution in [0.15, 0.2) is 58.1 Å². The molecule has 0 atom stereocenters.